The highest BCUT2D eigenvalue weighted by Crippen LogP contribution is 2.14. The number of amides is 1. The summed E-state index contributed by atoms with van der Waals surface area (Å²) in [6, 6.07) is 5.19. The number of nitrogens with zero attached hydrogens (tertiary/aromatic N) is 1. The zero-order chi connectivity index (χ0) is 15.1. The summed E-state index contributed by atoms with van der Waals surface area (Å²) < 4.78 is 0. The summed E-state index contributed by atoms with van der Waals surface area (Å²) in [5.74, 6) is -1.26. The van der Waals surface area contributed by atoms with Gasteiger partial charge in [-0.3, -0.25) is 14.5 Å². The summed E-state index contributed by atoms with van der Waals surface area (Å²) in [5, 5.41) is 21.0. The van der Waals surface area contributed by atoms with Crippen LogP contribution < -0.4 is 5.32 Å². The van der Waals surface area contributed by atoms with Crippen LogP contribution in [0.4, 0.5) is 5.69 Å². The lowest BCUT2D eigenvalue weighted by Crippen LogP contribution is -2.43. The maximum atomic E-state index is 11.9. The highest BCUT2D eigenvalue weighted by molar-refractivity contribution is 5.94. The van der Waals surface area contributed by atoms with E-state index in [0.717, 1.165) is 0 Å². The second-order valence-electron chi connectivity index (χ2n) is 4.37. The van der Waals surface area contributed by atoms with Crippen molar-refractivity contribution in [3.8, 4) is 5.75 Å². The van der Waals surface area contributed by atoms with E-state index in [4.69, 9.17) is 5.11 Å². The Hall–Kier alpha value is -2.08. The van der Waals surface area contributed by atoms with Gasteiger partial charge in [0.25, 0.3) is 0 Å². The number of benzene rings is 1. The molecule has 1 amide bonds. The van der Waals surface area contributed by atoms with Crippen molar-refractivity contribution >= 4 is 17.6 Å². The standard InChI is InChI=1S/C14H20N2O4/c1-3-16(4-2)12(14(19)20)9-13(18)15-10-5-7-11(17)8-6-10/h5-8,12,17H,3-4,9H2,1-2H3,(H,15,18)(H,19,20). The van der Waals surface area contributed by atoms with Gasteiger partial charge in [0.15, 0.2) is 0 Å². The number of phenolic OH excluding ortho intramolecular Hbond substituents is 1. The number of carboxylic acids is 1. The van der Waals surface area contributed by atoms with Gasteiger partial charge in [0.1, 0.15) is 11.8 Å². The third-order valence-corrected chi connectivity index (χ3v) is 3.07. The topological polar surface area (TPSA) is 89.9 Å². The van der Waals surface area contributed by atoms with Crippen LogP contribution in [0.25, 0.3) is 0 Å². The van der Waals surface area contributed by atoms with Gasteiger partial charge in [-0.05, 0) is 37.4 Å². The van der Waals surface area contributed by atoms with Crippen molar-refractivity contribution in [1.29, 1.82) is 0 Å². The van der Waals surface area contributed by atoms with Gasteiger partial charge in [0.2, 0.25) is 5.91 Å². The van der Waals surface area contributed by atoms with E-state index in [1.807, 2.05) is 13.8 Å². The zero-order valence-corrected chi connectivity index (χ0v) is 11.7. The molecule has 0 aliphatic rings. The number of aliphatic carboxylic acids is 1. The number of carboxylic acid groups (broad SMARTS) is 1. The second-order valence-corrected chi connectivity index (χ2v) is 4.37. The van der Waals surface area contributed by atoms with E-state index in [1.165, 1.54) is 12.1 Å². The van der Waals surface area contributed by atoms with E-state index in [2.05, 4.69) is 5.32 Å². The predicted octanol–water partition coefficient (Wildman–Crippen LogP) is 1.52. The van der Waals surface area contributed by atoms with Crippen LogP contribution in [0.5, 0.6) is 5.75 Å². The molecule has 1 aromatic carbocycles. The van der Waals surface area contributed by atoms with Gasteiger partial charge in [-0.25, -0.2) is 0 Å². The highest BCUT2D eigenvalue weighted by Gasteiger charge is 2.26. The first-order chi connectivity index (χ1) is 9.47. The molecular weight excluding hydrogens is 260 g/mol. The highest BCUT2D eigenvalue weighted by atomic mass is 16.4. The average Bonchev–Trinajstić information content (AvgIpc) is 2.41. The van der Waals surface area contributed by atoms with Crippen LogP contribution in [0, 0.1) is 0 Å². The molecule has 3 N–H and O–H groups in total. The molecular formula is C14H20N2O4. The van der Waals surface area contributed by atoms with Crippen molar-refractivity contribution in [3.05, 3.63) is 24.3 Å². The Balaban J connectivity index is 2.66. The largest absolute Gasteiger partial charge is 0.508 e. The van der Waals surface area contributed by atoms with Crippen LogP contribution in [-0.2, 0) is 9.59 Å². The molecule has 110 valence electrons. The fraction of sp³-hybridized carbons (Fsp3) is 0.429. The summed E-state index contributed by atoms with van der Waals surface area (Å²) in [6.07, 6.45) is -0.113. The first-order valence-corrected chi connectivity index (χ1v) is 6.53. The Morgan fingerprint density at radius 1 is 1.20 bits per heavy atom. The zero-order valence-electron chi connectivity index (χ0n) is 11.7. The number of rotatable bonds is 7. The maximum absolute atomic E-state index is 11.9. The van der Waals surface area contributed by atoms with Crippen LogP contribution in [0.1, 0.15) is 20.3 Å². The smallest absolute Gasteiger partial charge is 0.321 e. The minimum Gasteiger partial charge on any atom is -0.508 e. The number of hydrogen-bond donors (Lipinski definition) is 3. The Bertz CT molecular complexity index is 455. The molecule has 20 heavy (non-hydrogen) atoms. The Kier molecular flexibility index (Phi) is 5.99. The molecule has 0 heterocycles. The van der Waals surface area contributed by atoms with Crippen LogP contribution >= 0.6 is 0 Å². The molecule has 6 nitrogen and oxygen atoms in total. The number of carbonyl (C=O) groups is 2. The second kappa shape index (κ2) is 7.49. The summed E-state index contributed by atoms with van der Waals surface area (Å²) in [4.78, 5) is 24.8. The lowest BCUT2D eigenvalue weighted by molar-refractivity contribution is -0.145. The van der Waals surface area contributed by atoms with Crippen LogP contribution in [0.3, 0.4) is 0 Å². The van der Waals surface area contributed by atoms with Gasteiger partial charge < -0.3 is 15.5 Å². The molecule has 0 saturated heterocycles. The number of phenols is 1. The van der Waals surface area contributed by atoms with Gasteiger partial charge in [-0.15, -0.1) is 0 Å². The normalized spacial score (nSPS) is 12.2. The molecule has 0 fully saturated rings. The predicted molar refractivity (Wildman–Crippen MR) is 75.7 cm³/mol. The van der Waals surface area contributed by atoms with E-state index in [1.54, 1.807) is 17.0 Å². The van der Waals surface area contributed by atoms with Crippen molar-refractivity contribution in [1.82, 2.24) is 4.90 Å². The van der Waals surface area contributed by atoms with Gasteiger partial charge >= 0.3 is 5.97 Å². The molecule has 1 aromatic rings. The van der Waals surface area contributed by atoms with E-state index in [-0.39, 0.29) is 18.1 Å². The number of aromatic hydroxyl groups is 1. The summed E-state index contributed by atoms with van der Waals surface area (Å²) in [6.45, 7) is 4.86. The van der Waals surface area contributed by atoms with E-state index in [9.17, 15) is 14.7 Å². The van der Waals surface area contributed by atoms with E-state index in [0.29, 0.717) is 18.8 Å². The monoisotopic (exact) mass is 280 g/mol. The van der Waals surface area contributed by atoms with E-state index < -0.39 is 12.0 Å². The number of likely N-dealkylation sites (N-methyl/N-ethyl adjacent to an activating group) is 1. The van der Waals surface area contributed by atoms with Crippen LogP contribution in [-0.4, -0.2) is 46.1 Å². The molecule has 0 radical (unpaired) electrons. The van der Waals surface area contributed by atoms with Crippen molar-refractivity contribution in [2.45, 2.75) is 26.3 Å². The van der Waals surface area contributed by atoms with E-state index >= 15 is 0 Å². The van der Waals surface area contributed by atoms with Gasteiger partial charge in [-0.1, -0.05) is 13.8 Å². The van der Waals surface area contributed by atoms with Crippen molar-refractivity contribution in [3.63, 3.8) is 0 Å². The fourth-order valence-corrected chi connectivity index (χ4v) is 1.97. The summed E-state index contributed by atoms with van der Waals surface area (Å²) >= 11 is 0. The Morgan fingerprint density at radius 2 is 1.75 bits per heavy atom. The molecule has 1 unspecified atom stereocenters. The summed E-state index contributed by atoms with van der Waals surface area (Å²) in [5.41, 5.74) is 0.525. The lowest BCUT2D eigenvalue weighted by Gasteiger charge is -2.25. The molecule has 0 aliphatic carbocycles. The molecule has 0 bridgehead atoms. The van der Waals surface area contributed by atoms with Crippen LogP contribution in [0.15, 0.2) is 24.3 Å². The lowest BCUT2D eigenvalue weighted by atomic mass is 10.1. The number of nitrogens with one attached hydrogen (secondary N) is 1. The molecule has 0 aliphatic heterocycles. The molecule has 0 saturated carbocycles. The minimum atomic E-state index is -1.01. The Morgan fingerprint density at radius 3 is 2.20 bits per heavy atom. The average molecular weight is 280 g/mol. The van der Waals surface area contributed by atoms with Crippen molar-refractivity contribution in [2.24, 2.45) is 0 Å². The molecule has 1 atom stereocenters. The first kappa shape index (κ1) is 16.0. The van der Waals surface area contributed by atoms with Crippen molar-refractivity contribution in [2.75, 3.05) is 18.4 Å². The molecule has 1 rings (SSSR count). The number of anilines is 1. The fourth-order valence-electron chi connectivity index (χ4n) is 1.97. The molecule has 0 spiro atoms. The summed E-state index contributed by atoms with van der Waals surface area (Å²) in [7, 11) is 0. The molecule has 6 heteroatoms. The number of carbonyl (C=O) groups excluding carboxylic acids is 1. The van der Waals surface area contributed by atoms with Crippen LogP contribution in [0.2, 0.25) is 0 Å². The SMILES string of the molecule is CCN(CC)C(CC(=O)Nc1ccc(O)cc1)C(=O)O. The first-order valence-electron chi connectivity index (χ1n) is 6.53. The maximum Gasteiger partial charge on any atom is 0.321 e. The van der Waals surface area contributed by atoms with Crippen molar-refractivity contribution < 1.29 is 19.8 Å². The minimum absolute atomic E-state index is 0.106. The van der Waals surface area contributed by atoms with Gasteiger partial charge in [0.05, 0.1) is 6.42 Å². The third-order valence-electron chi connectivity index (χ3n) is 3.07. The van der Waals surface area contributed by atoms with Gasteiger partial charge in [-0.2, -0.15) is 0 Å². The Labute approximate surface area is 118 Å². The number of hydrogen-bond acceptors (Lipinski definition) is 4. The third kappa shape index (κ3) is 4.55. The van der Waals surface area contributed by atoms with Gasteiger partial charge in [0, 0.05) is 5.69 Å². The molecule has 0 aromatic heterocycles. The quantitative estimate of drug-likeness (QED) is 0.659.